The number of H-pyrrole nitrogens is 1. The quantitative estimate of drug-likeness (QED) is 0.594. The van der Waals surface area contributed by atoms with Crippen LogP contribution >= 0.6 is 0 Å². The summed E-state index contributed by atoms with van der Waals surface area (Å²) in [6, 6.07) is 0.422. The molecule has 1 aromatic rings. The van der Waals surface area contributed by atoms with Crippen molar-refractivity contribution >= 4 is 10.0 Å². The largest absolute Gasteiger partial charge is 0.314 e. The van der Waals surface area contributed by atoms with Crippen LogP contribution < -0.4 is 10.0 Å². The zero-order valence-corrected chi connectivity index (χ0v) is 10.3. The molecule has 0 bridgehead atoms. The highest BCUT2D eigenvalue weighted by Crippen LogP contribution is 2.03. The zero-order valence-electron chi connectivity index (χ0n) is 9.53. The average Bonchev–Trinajstić information content (AvgIpc) is 2.69. The van der Waals surface area contributed by atoms with Crippen molar-refractivity contribution in [3.63, 3.8) is 0 Å². The van der Waals surface area contributed by atoms with Crippen LogP contribution in [0.2, 0.25) is 0 Å². The van der Waals surface area contributed by atoms with E-state index in [4.69, 9.17) is 0 Å². The van der Waals surface area contributed by atoms with Crippen molar-refractivity contribution in [2.75, 3.05) is 13.1 Å². The predicted molar refractivity (Wildman–Crippen MR) is 61.5 cm³/mol. The number of hydrogen-bond acceptors (Lipinski definition) is 4. The lowest BCUT2D eigenvalue weighted by Crippen LogP contribution is -2.29. The minimum Gasteiger partial charge on any atom is -0.314 e. The third-order valence-corrected chi connectivity index (χ3v) is 3.41. The first-order chi connectivity index (χ1) is 7.52. The van der Waals surface area contributed by atoms with E-state index in [0.29, 0.717) is 12.6 Å². The van der Waals surface area contributed by atoms with Gasteiger partial charge in [-0.3, -0.25) is 5.10 Å². The number of aromatic nitrogens is 2. The van der Waals surface area contributed by atoms with E-state index >= 15 is 0 Å². The fourth-order valence-electron chi connectivity index (χ4n) is 1.15. The summed E-state index contributed by atoms with van der Waals surface area (Å²) in [6.07, 6.45) is 3.40. The molecule has 92 valence electrons. The van der Waals surface area contributed by atoms with Crippen molar-refractivity contribution in [3.8, 4) is 0 Å². The summed E-state index contributed by atoms with van der Waals surface area (Å²) in [6.45, 7) is 5.32. The summed E-state index contributed by atoms with van der Waals surface area (Å²) in [5, 5.41) is 9.28. The van der Waals surface area contributed by atoms with Gasteiger partial charge in [0.1, 0.15) is 4.90 Å². The normalized spacial score (nSPS) is 12.2. The average molecular weight is 246 g/mol. The van der Waals surface area contributed by atoms with Crippen LogP contribution in [0.15, 0.2) is 17.3 Å². The van der Waals surface area contributed by atoms with E-state index in [2.05, 4.69) is 34.1 Å². The maximum Gasteiger partial charge on any atom is 0.243 e. The van der Waals surface area contributed by atoms with Crippen molar-refractivity contribution in [3.05, 3.63) is 12.4 Å². The molecule has 1 rings (SSSR count). The topological polar surface area (TPSA) is 86.9 Å². The molecule has 7 heteroatoms. The molecule has 0 fully saturated rings. The lowest BCUT2D eigenvalue weighted by Gasteiger charge is -2.08. The van der Waals surface area contributed by atoms with E-state index in [1.807, 2.05) is 0 Å². The molecule has 0 aromatic carbocycles. The van der Waals surface area contributed by atoms with Crippen molar-refractivity contribution < 1.29 is 8.42 Å². The van der Waals surface area contributed by atoms with Gasteiger partial charge in [0.05, 0.1) is 6.20 Å². The molecule has 0 spiro atoms. The molecular weight excluding hydrogens is 228 g/mol. The summed E-state index contributed by atoms with van der Waals surface area (Å²) in [4.78, 5) is 0.171. The van der Waals surface area contributed by atoms with Crippen molar-refractivity contribution in [1.29, 1.82) is 0 Å². The Labute approximate surface area is 95.9 Å². The second-order valence-corrected chi connectivity index (χ2v) is 5.56. The third kappa shape index (κ3) is 4.30. The number of sulfonamides is 1. The Hall–Kier alpha value is -0.920. The Morgan fingerprint density at radius 2 is 2.19 bits per heavy atom. The van der Waals surface area contributed by atoms with Crippen molar-refractivity contribution in [1.82, 2.24) is 20.2 Å². The van der Waals surface area contributed by atoms with Crippen molar-refractivity contribution in [2.45, 2.75) is 31.2 Å². The van der Waals surface area contributed by atoms with Crippen LogP contribution in [-0.4, -0.2) is 37.7 Å². The summed E-state index contributed by atoms with van der Waals surface area (Å²) in [7, 11) is -3.39. The Balaban J connectivity index is 2.28. The van der Waals surface area contributed by atoms with Crippen LogP contribution in [0.5, 0.6) is 0 Å². The molecule has 0 amide bonds. The molecule has 3 N–H and O–H groups in total. The molecule has 1 heterocycles. The Morgan fingerprint density at radius 3 is 2.75 bits per heavy atom. The van der Waals surface area contributed by atoms with Gasteiger partial charge in [-0.25, -0.2) is 13.1 Å². The molecule has 6 nitrogen and oxygen atoms in total. The molecule has 0 aliphatic heterocycles. The Morgan fingerprint density at radius 1 is 1.44 bits per heavy atom. The fourth-order valence-corrected chi connectivity index (χ4v) is 2.13. The lowest BCUT2D eigenvalue weighted by atomic mass is 10.3. The monoisotopic (exact) mass is 246 g/mol. The first-order valence-electron chi connectivity index (χ1n) is 5.24. The van der Waals surface area contributed by atoms with Crippen LogP contribution in [0.3, 0.4) is 0 Å². The maximum atomic E-state index is 11.6. The first kappa shape index (κ1) is 13.1. The zero-order chi connectivity index (χ0) is 12.0. The van der Waals surface area contributed by atoms with Crippen molar-refractivity contribution in [2.24, 2.45) is 0 Å². The smallest absolute Gasteiger partial charge is 0.243 e. The number of hydrogen-bond donors (Lipinski definition) is 3. The molecule has 0 saturated heterocycles. The van der Waals surface area contributed by atoms with Gasteiger partial charge < -0.3 is 5.32 Å². The molecule has 0 saturated carbocycles. The summed E-state index contributed by atoms with van der Waals surface area (Å²) >= 11 is 0. The van der Waals surface area contributed by atoms with Gasteiger partial charge in [-0.2, -0.15) is 5.10 Å². The molecular formula is C9H18N4O2S. The van der Waals surface area contributed by atoms with Crippen LogP contribution in [0.25, 0.3) is 0 Å². The Bertz CT molecular complexity index is 386. The van der Waals surface area contributed by atoms with Gasteiger partial charge in [-0.15, -0.1) is 0 Å². The standard InChI is InChI=1S/C9H18N4O2S/c1-8(2)10-4-3-5-13-16(14,15)9-6-11-12-7-9/h6-8,10,13H,3-5H2,1-2H3,(H,11,12). The van der Waals surface area contributed by atoms with E-state index in [-0.39, 0.29) is 4.90 Å². The number of rotatable bonds is 7. The highest BCUT2D eigenvalue weighted by atomic mass is 32.2. The van der Waals surface area contributed by atoms with Gasteiger partial charge in [0.15, 0.2) is 0 Å². The van der Waals surface area contributed by atoms with Crippen LogP contribution in [0.1, 0.15) is 20.3 Å². The van der Waals surface area contributed by atoms with Gasteiger partial charge in [-0.1, -0.05) is 13.8 Å². The Kier molecular flexibility index (Phi) is 4.91. The number of aromatic amines is 1. The van der Waals surface area contributed by atoms with E-state index in [9.17, 15) is 8.42 Å². The van der Waals surface area contributed by atoms with Gasteiger partial charge in [0.25, 0.3) is 0 Å². The molecule has 0 atom stereocenters. The summed E-state index contributed by atoms with van der Waals surface area (Å²) in [5.41, 5.74) is 0. The summed E-state index contributed by atoms with van der Waals surface area (Å²) in [5.74, 6) is 0. The SMILES string of the molecule is CC(C)NCCCNS(=O)(=O)c1cn[nH]c1. The second-order valence-electron chi connectivity index (χ2n) is 3.79. The van der Waals surface area contributed by atoms with E-state index in [0.717, 1.165) is 13.0 Å². The molecule has 0 aliphatic carbocycles. The second kappa shape index (κ2) is 5.97. The summed E-state index contributed by atoms with van der Waals surface area (Å²) < 4.78 is 25.7. The maximum absolute atomic E-state index is 11.6. The van der Waals surface area contributed by atoms with Gasteiger partial charge in [0.2, 0.25) is 10.0 Å². The number of nitrogens with zero attached hydrogens (tertiary/aromatic N) is 1. The molecule has 1 aromatic heterocycles. The van der Waals surface area contributed by atoms with Gasteiger partial charge in [-0.05, 0) is 13.0 Å². The predicted octanol–water partition coefficient (Wildman–Crippen LogP) is 0.0761. The third-order valence-electron chi connectivity index (χ3n) is 1.98. The van der Waals surface area contributed by atoms with Gasteiger partial charge in [0, 0.05) is 18.8 Å². The minimum absolute atomic E-state index is 0.171. The molecule has 0 unspecified atom stereocenters. The molecule has 16 heavy (non-hydrogen) atoms. The minimum atomic E-state index is -3.39. The fraction of sp³-hybridized carbons (Fsp3) is 0.667. The first-order valence-corrected chi connectivity index (χ1v) is 6.72. The highest BCUT2D eigenvalue weighted by Gasteiger charge is 2.13. The van der Waals surface area contributed by atoms with Gasteiger partial charge >= 0.3 is 0 Å². The van der Waals surface area contributed by atoms with E-state index in [1.165, 1.54) is 12.4 Å². The van der Waals surface area contributed by atoms with Crippen LogP contribution in [0, 0.1) is 0 Å². The molecule has 0 aliphatic rings. The van der Waals surface area contributed by atoms with E-state index < -0.39 is 10.0 Å². The van der Waals surface area contributed by atoms with Crippen LogP contribution in [0.4, 0.5) is 0 Å². The van der Waals surface area contributed by atoms with E-state index in [1.54, 1.807) is 0 Å². The number of nitrogens with one attached hydrogen (secondary N) is 3. The lowest BCUT2D eigenvalue weighted by molar-refractivity contribution is 0.554. The van der Waals surface area contributed by atoms with Crippen LogP contribution in [-0.2, 0) is 10.0 Å². The highest BCUT2D eigenvalue weighted by molar-refractivity contribution is 7.89. The molecule has 0 radical (unpaired) electrons.